The predicted octanol–water partition coefficient (Wildman–Crippen LogP) is 3.15. The van der Waals surface area contributed by atoms with Gasteiger partial charge in [-0.15, -0.1) is 0 Å². The second kappa shape index (κ2) is 7.21. The fraction of sp³-hybridized carbons (Fsp3) is 0.278. The van der Waals surface area contributed by atoms with Crippen molar-refractivity contribution in [3.63, 3.8) is 0 Å². The largest absolute Gasteiger partial charge is 0.348 e. The van der Waals surface area contributed by atoms with E-state index >= 15 is 0 Å². The van der Waals surface area contributed by atoms with E-state index in [0.717, 1.165) is 25.7 Å². The van der Waals surface area contributed by atoms with E-state index in [1.165, 1.54) is 24.3 Å². The molecule has 0 saturated heterocycles. The zero-order valence-electron chi connectivity index (χ0n) is 13.1. The van der Waals surface area contributed by atoms with E-state index in [0.29, 0.717) is 0 Å². The van der Waals surface area contributed by atoms with Crippen LogP contribution in [0.15, 0.2) is 42.5 Å². The summed E-state index contributed by atoms with van der Waals surface area (Å²) in [5.74, 6) is -1.38. The molecular formula is C18H18FN3O2. The molecule has 1 aliphatic rings. The molecule has 1 aromatic heterocycles. The second-order valence-electron chi connectivity index (χ2n) is 5.80. The summed E-state index contributed by atoms with van der Waals surface area (Å²) < 4.78 is 13.6. The maximum Gasteiger partial charge on any atom is 0.274 e. The number of carbonyl (C=O) groups is 2. The number of pyridine rings is 1. The summed E-state index contributed by atoms with van der Waals surface area (Å²) in [6.07, 6.45) is 4.17. The molecule has 3 rings (SSSR count). The van der Waals surface area contributed by atoms with E-state index in [2.05, 4.69) is 15.6 Å². The van der Waals surface area contributed by atoms with Crippen LogP contribution in [0, 0.1) is 5.82 Å². The van der Waals surface area contributed by atoms with E-state index in [9.17, 15) is 14.0 Å². The predicted molar refractivity (Wildman–Crippen MR) is 88.3 cm³/mol. The molecule has 124 valence electrons. The molecule has 6 heteroatoms. The van der Waals surface area contributed by atoms with Crippen LogP contribution in [0.5, 0.6) is 0 Å². The van der Waals surface area contributed by atoms with Gasteiger partial charge in [-0.3, -0.25) is 9.59 Å². The van der Waals surface area contributed by atoms with Gasteiger partial charge in [-0.25, -0.2) is 9.37 Å². The van der Waals surface area contributed by atoms with Gasteiger partial charge in [-0.1, -0.05) is 31.0 Å². The average molecular weight is 327 g/mol. The first-order valence-corrected chi connectivity index (χ1v) is 7.97. The van der Waals surface area contributed by atoms with Crippen molar-refractivity contribution < 1.29 is 14.0 Å². The Balaban J connectivity index is 1.71. The Hall–Kier alpha value is -2.76. The highest BCUT2D eigenvalue weighted by atomic mass is 19.1. The topological polar surface area (TPSA) is 71.1 Å². The molecule has 24 heavy (non-hydrogen) atoms. The Kier molecular flexibility index (Phi) is 4.84. The van der Waals surface area contributed by atoms with Gasteiger partial charge in [0.2, 0.25) is 0 Å². The third kappa shape index (κ3) is 3.76. The van der Waals surface area contributed by atoms with Gasteiger partial charge in [0.05, 0.1) is 5.69 Å². The summed E-state index contributed by atoms with van der Waals surface area (Å²) in [6.45, 7) is 0. The van der Waals surface area contributed by atoms with Crippen molar-refractivity contribution in [3.05, 3.63) is 59.7 Å². The summed E-state index contributed by atoms with van der Waals surface area (Å²) in [6, 6.07) is 10.7. The third-order valence-electron chi connectivity index (χ3n) is 4.03. The molecule has 0 spiro atoms. The molecule has 1 saturated carbocycles. The van der Waals surface area contributed by atoms with E-state index in [1.807, 2.05) is 0 Å². The van der Waals surface area contributed by atoms with Crippen LogP contribution in [0.2, 0.25) is 0 Å². The normalized spacial score (nSPS) is 14.4. The Labute approximate surface area is 139 Å². The number of anilines is 1. The summed E-state index contributed by atoms with van der Waals surface area (Å²) in [5, 5.41) is 5.38. The molecule has 0 atom stereocenters. The number of aromatic nitrogens is 1. The monoisotopic (exact) mass is 327 g/mol. The lowest BCUT2D eigenvalue weighted by Gasteiger charge is -2.12. The number of nitrogens with one attached hydrogen (secondary N) is 2. The number of para-hydroxylation sites is 1. The first-order chi connectivity index (χ1) is 11.6. The van der Waals surface area contributed by atoms with Crippen molar-refractivity contribution in [2.45, 2.75) is 31.7 Å². The third-order valence-corrected chi connectivity index (χ3v) is 4.03. The molecule has 2 aromatic rings. The minimum Gasteiger partial charge on any atom is -0.348 e. The van der Waals surface area contributed by atoms with Gasteiger partial charge < -0.3 is 10.6 Å². The Morgan fingerprint density at radius 2 is 1.62 bits per heavy atom. The van der Waals surface area contributed by atoms with Crippen molar-refractivity contribution >= 4 is 17.5 Å². The van der Waals surface area contributed by atoms with Gasteiger partial charge in [0, 0.05) is 6.04 Å². The van der Waals surface area contributed by atoms with Crippen LogP contribution in [0.3, 0.4) is 0 Å². The standard InChI is InChI=1S/C18H18FN3O2/c19-13-8-3-4-9-14(13)22-18(24)16-11-5-10-15(21-16)17(23)20-12-6-1-2-7-12/h3-5,8-12H,1-2,6-7H2,(H,20,23)(H,22,24). The highest BCUT2D eigenvalue weighted by molar-refractivity contribution is 6.03. The first kappa shape index (κ1) is 16.1. The molecule has 5 nitrogen and oxygen atoms in total. The van der Waals surface area contributed by atoms with Gasteiger partial charge in [0.25, 0.3) is 11.8 Å². The lowest BCUT2D eigenvalue weighted by atomic mass is 10.2. The molecule has 1 fully saturated rings. The summed E-state index contributed by atoms with van der Waals surface area (Å²) in [5.41, 5.74) is 0.325. The molecule has 1 aromatic carbocycles. The van der Waals surface area contributed by atoms with Crippen LogP contribution in [-0.4, -0.2) is 22.8 Å². The van der Waals surface area contributed by atoms with Crippen LogP contribution in [0.25, 0.3) is 0 Å². The van der Waals surface area contributed by atoms with Crippen LogP contribution in [0.1, 0.15) is 46.7 Å². The Bertz CT molecular complexity index is 757. The zero-order chi connectivity index (χ0) is 16.9. The van der Waals surface area contributed by atoms with Gasteiger partial charge in [-0.05, 0) is 37.1 Å². The molecule has 0 aliphatic heterocycles. The number of nitrogens with zero attached hydrogens (tertiary/aromatic N) is 1. The lowest BCUT2D eigenvalue weighted by Crippen LogP contribution is -2.33. The van der Waals surface area contributed by atoms with Crippen molar-refractivity contribution in [1.29, 1.82) is 0 Å². The van der Waals surface area contributed by atoms with Crippen LogP contribution < -0.4 is 10.6 Å². The number of rotatable bonds is 4. The molecular weight excluding hydrogens is 309 g/mol. The number of hydrogen-bond acceptors (Lipinski definition) is 3. The quantitative estimate of drug-likeness (QED) is 0.906. The molecule has 2 amide bonds. The zero-order valence-corrected chi connectivity index (χ0v) is 13.1. The lowest BCUT2D eigenvalue weighted by molar-refractivity contribution is 0.0932. The first-order valence-electron chi connectivity index (χ1n) is 7.97. The van der Waals surface area contributed by atoms with E-state index < -0.39 is 11.7 Å². The molecule has 2 N–H and O–H groups in total. The van der Waals surface area contributed by atoms with Gasteiger partial charge in [-0.2, -0.15) is 0 Å². The fourth-order valence-electron chi connectivity index (χ4n) is 2.77. The molecule has 1 aliphatic carbocycles. The van der Waals surface area contributed by atoms with Crippen molar-refractivity contribution in [2.24, 2.45) is 0 Å². The number of benzene rings is 1. The summed E-state index contributed by atoms with van der Waals surface area (Å²) in [4.78, 5) is 28.5. The summed E-state index contributed by atoms with van der Waals surface area (Å²) in [7, 11) is 0. The number of amides is 2. The Morgan fingerprint density at radius 3 is 2.33 bits per heavy atom. The van der Waals surface area contributed by atoms with Crippen LogP contribution in [-0.2, 0) is 0 Å². The second-order valence-corrected chi connectivity index (χ2v) is 5.80. The van der Waals surface area contributed by atoms with Crippen LogP contribution >= 0.6 is 0 Å². The minimum absolute atomic E-state index is 0.0670. The highest BCUT2D eigenvalue weighted by Crippen LogP contribution is 2.18. The Morgan fingerprint density at radius 1 is 0.958 bits per heavy atom. The number of halogens is 1. The fourth-order valence-corrected chi connectivity index (χ4v) is 2.77. The van der Waals surface area contributed by atoms with Crippen molar-refractivity contribution in [1.82, 2.24) is 10.3 Å². The minimum atomic E-state index is -0.560. The van der Waals surface area contributed by atoms with E-state index in [4.69, 9.17) is 0 Å². The van der Waals surface area contributed by atoms with Crippen molar-refractivity contribution in [3.8, 4) is 0 Å². The van der Waals surface area contributed by atoms with Gasteiger partial charge in [0.1, 0.15) is 17.2 Å². The van der Waals surface area contributed by atoms with Gasteiger partial charge in [0.15, 0.2) is 0 Å². The average Bonchev–Trinajstić information content (AvgIpc) is 3.10. The SMILES string of the molecule is O=C(Nc1ccccc1F)c1cccc(C(=O)NC2CCCC2)n1. The summed E-state index contributed by atoms with van der Waals surface area (Å²) >= 11 is 0. The van der Waals surface area contributed by atoms with Gasteiger partial charge >= 0.3 is 0 Å². The number of hydrogen-bond donors (Lipinski definition) is 2. The molecule has 0 bridgehead atoms. The number of carbonyl (C=O) groups excluding carboxylic acids is 2. The molecule has 1 heterocycles. The van der Waals surface area contributed by atoms with Crippen molar-refractivity contribution in [2.75, 3.05) is 5.32 Å². The van der Waals surface area contributed by atoms with E-state index in [1.54, 1.807) is 18.2 Å². The van der Waals surface area contributed by atoms with E-state index in [-0.39, 0.29) is 29.0 Å². The maximum atomic E-state index is 13.6. The molecule has 0 radical (unpaired) electrons. The van der Waals surface area contributed by atoms with Crippen LogP contribution in [0.4, 0.5) is 10.1 Å². The highest BCUT2D eigenvalue weighted by Gasteiger charge is 2.19. The maximum absolute atomic E-state index is 13.6. The smallest absolute Gasteiger partial charge is 0.274 e. The molecule has 0 unspecified atom stereocenters.